The van der Waals surface area contributed by atoms with E-state index in [4.69, 9.17) is 5.11 Å². The Morgan fingerprint density at radius 1 is 1.62 bits per heavy atom. The minimum absolute atomic E-state index is 0.378. The van der Waals surface area contributed by atoms with Gasteiger partial charge in [0.1, 0.15) is 0 Å². The van der Waals surface area contributed by atoms with Gasteiger partial charge in [0.25, 0.3) is 0 Å². The Balaban J connectivity index is 3.18. The van der Waals surface area contributed by atoms with Crippen molar-refractivity contribution in [3.8, 4) is 0 Å². The van der Waals surface area contributed by atoms with Crippen molar-refractivity contribution in [1.82, 2.24) is 0 Å². The van der Waals surface area contributed by atoms with Gasteiger partial charge in [0, 0.05) is 10.2 Å². The molecule has 0 heterocycles. The molecule has 0 aromatic heterocycles. The molecule has 13 heavy (non-hydrogen) atoms. The fourth-order valence-corrected chi connectivity index (χ4v) is 1.93. The van der Waals surface area contributed by atoms with Crippen molar-refractivity contribution in [1.29, 1.82) is 0 Å². The van der Waals surface area contributed by atoms with Crippen molar-refractivity contribution in [3.05, 3.63) is 29.3 Å². The molecule has 0 atom stereocenters. The van der Waals surface area contributed by atoms with Crippen molar-refractivity contribution in [2.45, 2.75) is 10.2 Å². The van der Waals surface area contributed by atoms with Crippen LogP contribution in [0, 0.1) is 0 Å². The van der Waals surface area contributed by atoms with Crippen LogP contribution in [0.25, 0.3) is 0 Å². The normalized spacial score (nSPS) is 10.0. The zero-order chi connectivity index (χ0) is 9.84. The molecule has 4 heteroatoms. The molecule has 0 spiro atoms. The molecule has 0 radical (unpaired) electrons. The molecular weight excluding hydrogens is 252 g/mol. The van der Waals surface area contributed by atoms with Crippen LogP contribution in [0.1, 0.15) is 15.9 Å². The molecule has 0 aliphatic carbocycles. The van der Waals surface area contributed by atoms with Crippen molar-refractivity contribution in [2.24, 2.45) is 0 Å². The lowest BCUT2D eigenvalue weighted by Crippen LogP contribution is -2.00. The maximum absolute atomic E-state index is 10.8. The average molecular weight is 261 g/mol. The van der Waals surface area contributed by atoms with E-state index in [9.17, 15) is 4.79 Å². The minimum Gasteiger partial charge on any atom is -0.478 e. The molecule has 0 aliphatic rings. The van der Waals surface area contributed by atoms with Crippen LogP contribution in [0.3, 0.4) is 0 Å². The Kier molecular flexibility index (Phi) is 3.81. The first-order chi connectivity index (χ1) is 6.19. The van der Waals surface area contributed by atoms with Crippen LogP contribution in [0.4, 0.5) is 0 Å². The molecule has 0 saturated heterocycles. The van der Waals surface area contributed by atoms with Gasteiger partial charge in [-0.25, -0.2) is 4.79 Å². The largest absolute Gasteiger partial charge is 0.478 e. The second-order valence-electron chi connectivity index (χ2n) is 2.46. The zero-order valence-electron chi connectivity index (χ0n) is 7.08. The van der Waals surface area contributed by atoms with Crippen molar-refractivity contribution < 1.29 is 9.90 Å². The molecular formula is C9H9BrO2S. The number of carboxylic acids is 1. The molecule has 0 amide bonds. The quantitative estimate of drug-likeness (QED) is 0.671. The zero-order valence-corrected chi connectivity index (χ0v) is 9.48. The lowest BCUT2D eigenvalue weighted by molar-refractivity contribution is 0.0696. The predicted molar refractivity (Wildman–Crippen MR) is 57.8 cm³/mol. The number of thioether (sulfide) groups is 1. The Morgan fingerprint density at radius 3 is 2.77 bits per heavy atom. The van der Waals surface area contributed by atoms with Crippen LogP contribution in [0.2, 0.25) is 0 Å². The highest BCUT2D eigenvalue weighted by molar-refractivity contribution is 9.08. The molecule has 0 unspecified atom stereocenters. The topological polar surface area (TPSA) is 37.3 Å². The average Bonchev–Trinajstić information content (AvgIpc) is 2.16. The monoisotopic (exact) mass is 260 g/mol. The summed E-state index contributed by atoms with van der Waals surface area (Å²) in [7, 11) is 0. The van der Waals surface area contributed by atoms with Crippen LogP contribution in [-0.2, 0) is 5.33 Å². The van der Waals surface area contributed by atoms with Gasteiger partial charge in [-0.05, 0) is 24.0 Å². The fourth-order valence-electron chi connectivity index (χ4n) is 0.998. The van der Waals surface area contributed by atoms with Gasteiger partial charge in [0.15, 0.2) is 0 Å². The summed E-state index contributed by atoms with van der Waals surface area (Å²) in [6.07, 6.45) is 1.93. The van der Waals surface area contributed by atoms with Gasteiger partial charge in [0.2, 0.25) is 0 Å². The standard InChI is InChI=1S/C9H9BrO2S/c1-13-7-3-2-6(5-10)8(4-7)9(11)12/h2-4H,5H2,1H3,(H,11,12). The maximum Gasteiger partial charge on any atom is 0.336 e. The SMILES string of the molecule is CSc1ccc(CBr)c(C(=O)O)c1. The van der Waals surface area contributed by atoms with Crippen LogP contribution < -0.4 is 0 Å². The van der Waals surface area contributed by atoms with Crippen LogP contribution in [0.15, 0.2) is 23.1 Å². The van der Waals surface area contributed by atoms with E-state index in [1.54, 1.807) is 17.8 Å². The van der Waals surface area contributed by atoms with E-state index in [-0.39, 0.29) is 0 Å². The third kappa shape index (κ3) is 2.48. The van der Waals surface area contributed by atoms with Gasteiger partial charge in [-0.3, -0.25) is 0 Å². The number of rotatable bonds is 3. The molecule has 1 aromatic rings. The van der Waals surface area contributed by atoms with E-state index in [2.05, 4.69) is 15.9 Å². The molecule has 1 aromatic carbocycles. The second-order valence-corrected chi connectivity index (χ2v) is 3.90. The molecule has 1 N–H and O–H groups in total. The van der Waals surface area contributed by atoms with Crippen LogP contribution in [-0.4, -0.2) is 17.3 Å². The summed E-state index contributed by atoms with van der Waals surface area (Å²) in [6.45, 7) is 0. The van der Waals surface area contributed by atoms with Gasteiger partial charge < -0.3 is 5.11 Å². The Bertz CT molecular complexity index is 325. The van der Waals surface area contributed by atoms with E-state index in [1.165, 1.54) is 0 Å². The number of hydrogen-bond donors (Lipinski definition) is 1. The minimum atomic E-state index is -0.870. The third-order valence-electron chi connectivity index (χ3n) is 1.69. The highest BCUT2D eigenvalue weighted by Crippen LogP contribution is 2.21. The summed E-state index contributed by atoms with van der Waals surface area (Å²) in [5.74, 6) is -0.870. The van der Waals surface area contributed by atoms with Gasteiger partial charge in [-0.2, -0.15) is 0 Å². The van der Waals surface area contributed by atoms with Gasteiger partial charge in [-0.15, -0.1) is 11.8 Å². The number of halogens is 1. The van der Waals surface area contributed by atoms with Crippen molar-refractivity contribution in [3.63, 3.8) is 0 Å². The first kappa shape index (κ1) is 10.6. The second kappa shape index (κ2) is 4.67. The number of benzene rings is 1. The Hall–Kier alpha value is -0.480. The van der Waals surface area contributed by atoms with E-state index >= 15 is 0 Å². The van der Waals surface area contributed by atoms with Gasteiger partial charge in [-0.1, -0.05) is 22.0 Å². The highest BCUT2D eigenvalue weighted by atomic mass is 79.9. The smallest absolute Gasteiger partial charge is 0.336 e. The molecule has 70 valence electrons. The Morgan fingerprint density at radius 2 is 2.31 bits per heavy atom. The first-order valence-corrected chi connectivity index (χ1v) is 6.00. The number of hydrogen-bond acceptors (Lipinski definition) is 2. The summed E-state index contributed by atoms with van der Waals surface area (Å²) >= 11 is 4.79. The van der Waals surface area contributed by atoms with E-state index in [1.807, 2.05) is 18.4 Å². The van der Waals surface area contributed by atoms with Crippen LogP contribution >= 0.6 is 27.7 Å². The molecule has 0 fully saturated rings. The van der Waals surface area contributed by atoms with Crippen molar-refractivity contribution >= 4 is 33.7 Å². The van der Waals surface area contributed by atoms with Crippen LogP contribution in [0.5, 0.6) is 0 Å². The number of carbonyl (C=O) groups is 1. The summed E-state index contributed by atoms with van der Waals surface area (Å²) < 4.78 is 0. The fraction of sp³-hybridized carbons (Fsp3) is 0.222. The lowest BCUT2D eigenvalue weighted by atomic mass is 10.1. The van der Waals surface area contributed by atoms with Gasteiger partial charge >= 0.3 is 5.97 Å². The number of alkyl halides is 1. The summed E-state index contributed by atoms with van der Waals surface area (Å²) in [5, 5.41) is 9.46. The summed E-state index contributed by atoms with van der Waals surface area (Å²) in [4.78, 5) is 11.8. The highest BCUT2D eigenvalue weighted by Gasteiger charge is 2.09. The molecule has 1 rings (SSSR count). The van der Waals surface area contributed by atoms with E-state index in [0.717, 1.165) is 10.5 Å². The first-order valence-electron chi connectivity index (χ1n) is 3.65. The van der Waals surface area contributed by atoms with E-state index in [0.29, 0.717) is 10.9 Å². The Labute approximate surface area is 89.5 Å². The lowest BCUT2D eigenvalue weighted by Gasteiger charge is -2.04. The number of aromatic carboxylic acids is 1. The van der Waals surface area contributed by atoms with E-state index < -0.39 is 5.97 Å². The number of carboxylic acid groups (broad SMARTS) is 1. The van der Waals surface area contributed by atoms with Gasteiger partial charge in [0.05, 0.1) is 5.56 Å². The molecule has 0 aliphatic heterocycles. The summed E-state index contributed by atoms with van der Waals surface area (Å²) in [5.41, 5.74) is 1.19. The summed E-state index contributed by atoms with van der Waals surface area (Å²) in [6, 6.07) is 5.46. The van der Waals surface area contributed by atoms with Crippen molar-refractivity contribution in [2.75, 3.05) is 6.26 Å². The molecule has 0 saturated carbocycles. The third-order valence-corrected chi connectivity index (χ3v) is 3.02. The molecule has 0 bridgehead atoms. The predicted octanol–water partition coefficient (Wildman–Crippen LogP) is 3.00. The maximum atomic E-state index is 10.8. The molecule has 2 nitrogen and oxygen atoms in total.